The van der Waals surface area contributed by atoms with Crippen LogP contribution in [-0.4, -0.2) is 11.5 Å². The molecule has 0 spiro atoms. The van der Waals surface area contributed by atoms with E-state index in [1.54, 1.807) is 0 Å². The zero-order valence-electron chi connectivity index (χ0n) is 7.86. The van der Waals surface area contributed by atoms with E-state index < -0.39 is 0 Å². The smallest absolute Gasteiger partial charge is 0.00110 e. The van der Waals surface area contributed by atoms with E-state index in [9.17, 15) is 0 Å². The Labute approximate surface area is 75.1 Å². The van der Waals surface area contributed by atoms with Crippen LogP contribution in [-0.2, 0) is 0 Å². The Hall–Kier alpha value is 0.350. The van der Waals surface area contributed by atoms with Crippen LogP contribution in [0.2, 0.25) is 0 Å². The highest BCUT2D eigenvalue weighted by atomic mass is 32.2. The molecule has 1 fully saturated rings. The minimum atomic E-state index is 0.709. The van der Waals surface area contributed by atoms with Crippen molar-refractivity contribution in [2.24, 2.45) is 5.41 Å². The summed E-state index contributed by atoms with van der Waals surface area (Å²) in [6.07, 6.45) is 7.17. The molecule has 1 heteroatoms. The van der Waals surface area contributed by atoms with Gasteiger partial charge in [-0.3, -0.25) is 0 Å². The quantitative estimate of drug-likeness (QED) is 0.612. The van der Waals surface area contributed by atoms with Gasteiger partial charge in [-0.2, -0.15) is 11.8 Å². The van der Waals surface area contributed by atoms with Crippen molar-refractivity contribution in [3.05, 3.63) is 0 Å². The molecule has 0 amide bonds. The van der Waals surface area contributed by atoms with E-state index in [2.05, 4.69) is 25.6 Å². The molecule has 0 aliphatic carbocycles. The Kier molecular flexibility index (Phi) is 3.77. The molecule has 1 aliphatic rings. The minimum absolute atomic E-state index is 0.709. The topological polar surface area (TPSA) is 0 Å². The second-order valence-electron chi connectivity index (χ2n) is 3.72. The van der Waals surface area contributed by atoms with Gasteiger partial charge in [-0.05, 0) is 42.6 Å². The number of thioether (sulfide) groups is 1. The van der Waals surface area contributed by atoms with Gasteiger partial charge < -0.3 is 0 Å². The molecule has 0 aromatic heterocycles. The van der Waals surface area contributed by atoms with Crippen LogP contribution in [0.3, 0.4) is 0 Å². The van der Waals surface area contributed by atoms with E-state index in [1.165, 1.54) is 43.6 Å². The predicted molar refractivity (Wildman–Crippen MR) is 54.2 cm³/mol. The highest BCUT2D eigenvalue weighted by Crippen LogP contribution is 2.38. The van der Waals surface area contributed by atoms with Crippen molar-refractivity contribution in [3.8, 4) is 0 Å². The summed E-state index contributed by atoms with van der Waals surface area (Å²) in [5.74, 6) is 2.82. The highest BCUT2D eigenvalue weighted by molar-refractivity contribution is 7.99. The van der Waals surface area contributed by atoms with E-state index in [0.29, 0.717) is 5.41 Å². The molecule has 1 rings (SSSR count). The van der Waals surface area contributed by atoms with E-state index in [-0.39, 0.29) is 0 Å². The van der Waals surface area contributed by atoms with Gasteiger partial charge in [-0.1, -0.05) is 20.3 Å². The van der Waals surface area contributed by atoms with Crippen molar-refractivity contribution in [1.29, 1.82) is 0 Å². The van der Waals surface area contributed by atoms with Crippen LogP contribution in [0.15, 0.2) is 0 Å². The Bertz CT molecular complexity index is 95.4. The average Bonchev–Trinajstić information content (AvgIpc) is 2.30. The summed E-state index contributed by atoms with van der Waals surface area (Å²) >= 11 is 2.17. The zero-order valence-corrected chi connectivity index (χ0v) is 8.67. The molecule has 11 heavy (non-hydrogen) atoms. The van der Waals surface area contributed by atoms with Crippen LogP contribution >= 0.6 is 11.8 Å². The fraction of sp³-hybridized carbons (Fsp3) is 1.00. The molecule has 0 aromatic carbocycles. The Morgan fingerprint density at radius 1 is 1.18 bits per heavy atom. The second-order valence-corrected chi connectivity index (χ2v) is 4.82. The molecule has 0 bridgehead atoms. The number of rotatable bonds is 2. The molecular formula is C10H20S. The molecule has 0 aromatic rings. The maximum Gasteiger partial charge on any atom is -0.00110 e. The lowest BCUT2D eigenvalue weighted by atomic mass is 9.80. The van der Waals surface area contributed by atoms with Crippen molar-refractivity contribution in [3.63, 3.8) is 0 Å². The first-order valence-corrected chi connectivity index (χ1v) is 6.06. The van der Waals surface area contributed by atoms with Crippen molar-refractivity contribution in [2.75, 3.05) is 11.5 Å². The van der Waals surface area contributed by atoms with Gasteiger partial charge >= 0.3 is 0 Å². The van der Waals surface area contributed by atoms with Crippen molar-refractivity contribution in [2.45, 2.75) is 46.0 Å². The van der Waals surface area contributed by atoms with Gasteiger partial charge in [0.15, 0.2) is 0 Å². The van der Waals surface area contributed by atoms with Crippen LogP contribution in [0.5, 0.6) is 0 Å². The van der Waals surface area contributed by atoms with E-state index in [4.69, 9.17) is 0 Å². The third-order valence-corrected chi connectivity index (χ3v) is 4.55. The van der Waals surface area contributed by atoms with Gasteiger partial charge in [-0.25, -0.2) is 0 Å². The Morgan fingerprint density at radius 3 is 2.55 bits per heavy atom. The molecule has 0 nitrogen and oxygen atoms in total. The van der Waals surface area contributed by atoms with Gasteiger partial charge in [0.2, 0.25) is 0 Å². The molecule has 1 heterocycles. The fourth-order valence-corrected chi connectivity index (χ4v) is 3.41. The third-order valence-electron chi connectivity index (χ3n) is 3.15. The monoisotopic (exact) mass is 172 g/mol. The predicted octanol–water partition coefficient (Wildman–Crippen LogP) is 3.71. The molecule has 0 saturated carbocycles. The molecule has 0 unspecified atom stereocenters. The van der Waals surface area contributed by atoms with Crippen LogP contribution in [0.4, 0.5) is 0 Å². The van der Waals surface area contributed by atoms with Gasteiger partial charge in [0.05, 0.1) is 0 Å². The lowest BCUT2D eigenvalue weighted by Crippen LogP contribution is -2.20. The molecule has 1 saturated heterocycles. The number of hydrogen-bond acceptors (Lipinski definition) is 1. The fourth-order valence-electron chi connectivity index (χ4n) is 1.87. The molecule has 1 aliphatic heterocycles. The van der Waals surface area contributed by atoms with Crippen molar-refractivity contribution < 1.29 is 0 Å². The zero-order chi connectivity index (χ0) is 8.16. The van der Waals surface area contributed by atoms with Crippen LogP contribution in [0.25, 0.3) is 0 Å². The van der Waals surface area contributed by atoms with Gasteiger partial charge in [-0.15, -0.1) is 0 Å². The molecule has 0 N–H and O–H groups in total. The van der Waals surface area contributed by atoms with E-state index in [0.717, 1.165) is 0 Å². The van der Waals surface area contributed by atoms with Crippen LogP contribution < -0.4 is 0 Å². The van der Waals surface area contributed by atoms with Crippen LogP contribution in [0, 0.1) is 5.41 Å². The molecule has 66 valence electrons. The Balaban J connectivity index is 2.49. The normalized spacial score (nSPS) is 24.5. The minimum Gasteiger partial charge on any atom is -0.161 e. The lowest BCUT2D eigenvalue weighted by Gasteiger charge is -2.29. The highest BCUT2D eigenvalue weighted by Gasteiger charge is 2.26. The summed E-state index contributed by atoms with van der Waals surface area (Å²) in [5.41, 5.74) is 0.709. The maximum atomic E-state index is 2.36. The molecular weight excluding hydrogens is 152 g/mol. The van der Waals surface area contributed by atoms with E-state index in [1.807, 2.05) is 0 Å². The standard InChI is InChI=1S/C10H20S/c1-3-10(4-2)7-5-6-8-11-9-10/h3-9H2,1-2H3. The van der Waals surface area contributed by atoms with Gasteiger partial charge in [0.25, 0.3) is 0 Å². The maximum absolute atomic E-state index is 2.36. The molecule has 0 atom stereocenters. The summed E-state index contributed by atoms with van der Waals surface area (Å²) in [6.45, 7) is 4.71. The summed E-state index contributed by atoms with van der Waals surface area (Å²) in [4.78, 5) is 0. The average molecular weight is 172 g/mol. The lowest BCUT2D eigenvalue weighted by molar-refractivity contribution is 0.277. The summed E-state index contributed by atoms with van der Waals surface area (Å²) in [5, 5.41) is 0. The van der Waals surface area contributed by atoms with Gasteiger partial charge in [0, 0.05) is 0 Å². The molecule has 0 radical (unpaired) electrons. The SMILES string of the molecule is CCC1(CC)CCCCSC1. The third kappa shape index (κ3) is 2.40. The van der Waals surface area contributed by atoms with E-state index >= 15 is 0 Å². The summed E-state index contributed by atoms with van der Waals surface area (Å²) < 4.78 is 0. The van der Waals surface area contributed by atoms with Crippen molar-refractivity contribution in [1.82, 2.24) is 0 Å². The van der Waals surface area contributed by atoms with Crippen molar-refractivity contribution >= 4 is 11.8 Å². The van der Waals surface area contributed by atoms with Crippen LogP contribution in [0.1, 0.15) is 46.0 Å². The van der Waals surface area contributed by atoms with Gasteiger partial charge in [0.1, 0.15) is 0 Å². The summed E-state index contributed by atoms with van der Waals surface area (Å²) in [6, 6.07) is 0. The first-order chi connectivity index (χ1) is 5.33. The summed E-state index contributed by atoms with van der Waals surface area (Å²) in [7, 11) is 0. The second kappa shape index (κ2) is 4.39. The number of hydrogen-bond donors (Lipinski definition) is 0. The first kappa shape index (κ1) is 9.44. The first-order valence-electron chi connectivity index (χ1n) is 4.91. The largest absolute Gasteiger partial charge is 0.161 e. The Morgan fingerprint density at radius 2 is 1.91 bits per heavy atom.